The van der Waals surface area contributed by atoms with E-state index in [-0.39, 0.29) is 23.8 Å². The zero-order valence-corrected chi connectivity index (χ0v) is 23.0. The number of methoxy groups -OCH3 is 2. The number of carbonyl (C=O) groups is 2. The molecular weight excluding hydrogens is 522 g/mol. The highest BCUT2D eigenvalue weighted by Crippen LogP contribution is 2.30. The van der Waals surface area contributed by atoms with Gasteiger partial charge in [-0.15, -0.1) is 0 Å². The quantitative estimate of drug-likeness (QED) is 0.329. The van der Waals surface area contributed by atoms with Crippen molar-refractivity contribution in [3.63, 3.8) is 0 Å². The van der Waals surface area contributed by atoms with Crippen molar-refractivity contribution >= 4 is 34.2 Å². The van der Waals surface area contributed by atoms with E-state index in [1.165, 1.54) is 6.08 Å². The molecule has 0 spiro atoms. The molecule has 2 fully saturated rings. The lowest BCUT2D eigenvalue weighted by Gasteiger charge is -2.39. The van der Waals surface area contributed by atoms with Crippen LogP contribution in [0.25, 0.3) is 22.3 Å². The molecule has 2 aliphatic rings. The van der Waals surface area contributed by atoms with Crippen LogP contribution in [0.3, 0.4) is 0 Å². The minimum Gasteiger partial charge on any atom is -0.497 e. The highest BCUT2D eigenvalue weighted by Gasteiger charge is 2.39. The van der Waals surface area contributed by atoms with Gasteiger partial charge in [0.05, 0.1) is 55.3 Å². The van der Waals surface area contributed by atoms with Gasteiger partial charge in [0.1, 0.15) is 11.5 Å². The van der Waals surface area contributed by atoms with Crippen LogP contribution in [0.15, 0.2) is 67.6 Å². The number of nitrogens with one attached hydrogen (secondary N) is 1. The Morgan fingerprint density at radius 1 is 0.976 bits per heavy atom. The first-order valence-electron chi connectivity index (χ1n) is 13.5. The van der Waals surface area contributed by atoms with Gasteiger partial charge in [0.15, 0.2) is 0 Å². The highest BCUT2D eigenvalue weighted by atomic mass is 16.5. The lowest BCUT2D eigenvalue weighted by molar-refractivity contribution is -0.145. The number of fused-ring (bicyclic) bond motifs is 1. The van der Waals surface area contributed by atoms with E-state index < -0.39 is 0 Å². The van der Waals surface area contributed by atoms with Gasteiger partial charge >= 0.3 is 0 Å². The lowest BCUT2D eigenvalue weighted by atomic mass is 9.98. The number of carbonyl (C=O) groups excluding carboxylic acids is 2. The fourth-order valence-electron chi connectivity index (χ4n) is 5.30. The van der Waals surface area contributed by atoms with Crippen molar-refractivity contribution in [1.29, 1.82) is 0 Å². The summed E-state index contributed by atoms with van der Waals surface area (Å²) in [6.45, 7) is 5.70. The molecule has 2 aromatic carbocycles. The summed E-state index contributed by atoms with van der Waals surface area (Å²) < 4.78 is 12.7. The lowest BCUT2D eigenvalue weighted by Crippen LogP contribution is -2.55. The van der Waals surface area contributed by atoms with Crippen molar-refractivity contribution in [2.45, 2.75) is 12.5 Å². The van der Waals surface area contributed by atoms with E-state index >= 15 is 0 Å². The summed E-state index contributed by atoms with van der Waals surface area (Å²) in [4.78, 5) is 37.6. The first-order chi connectivity index (χ1) is 19.9. The van der Waals surface area contributed by atoms with E-state index in [2.05, 4.69) is 22.0 Å². The normalized spacial score (nSPS) is 16.9. The Labute approximate surface area is 237 Å². The predicted molar refractivity (Wildman–Crippen MR) is 154 cm³/mol. The minimum absolute atomic E-state index is 0.0859. The average molecular weight is 554 g/mol. The second-order valence-corrected chi connectivity index (χ2v) is 10.3. The van der Waals surface area contributed by atoms with Crippen molar-refractivity contribution in [3.05, 3.63) is 67.6 Å². The third-order valence-corrected chi connectivity index (χ3v) is 7.65. The van der Waals surface area contributed by atoms with E-state index in [4.69, 9.17) is 14.5 Å². The van der Waals surface area contributed by atoms with Gasteiger partial charge in [0.25, 0.3) is 0 Å². The molecule has 2 saturated heterocycles. The van der Waals surface area contributed by atoms with Crippen LogP contribution in [0.4, 0.5) is 11.4 Å². The van der Waals surface area contributed by atoms with Gasteiger partial charge in [-0.3, -0.25) is 19.3 Å². The summed E-state index contributed by atoms with van der Waals surface area (Å²) in [7, 11) is 3.24. The predicted octanol–water partition coefficient (Wildman–Crippen LogP) is 3.67. The van der Waals surface area contributed by atoms with Crippen LogP contribution >= 0.6 is 0 Å². The van der Waals surface area contributed by atoms with Crippen LogP contribution in [0.1, 0.15) is 12.5 Å². The van der Waals surface area contributed by atoms with Crippen LogP contribution in [0.2, 0.25) is 0 Å². The first-order valence-corrected chi connectivity index (χ1v) is 13.5. The summed E-state index contributed by atoms with van der Waals surface area (Å²) in [5, 5.41) is 7.98. The molecule has 0 saturated carbocycles. The fourth-order valence-corrected chi connectivity index (χ4v) is 5.30. The fraction of sp³-hybridized carbons (Fsp3) is 0.300. The van der Waals surface area contributed by atoms with Crippen LogP contribution in [-0.4, -0.2) is 81.8 Å². The number of amides is 2. The molecule has 11 nitrogen and oxygen atoms in total. The molecule has 6 rings (SSSR count). The number of rotatable bonds is 8. The second kappa shape index (κ2) is 10.9. The number of benzene rings is 2. The summed E-state index contributed by atoms with van der Waals surface area (Å²) >= 11 is 0. The standard InChI is InChI=1S/C30H31N7O4/c1-4-29(38)36-15-20(16-36)30(39)35-8-7-23(18-35)37-17-19(13-32-37)28-14-31-26-6-5-21(11-27(26)34-28)33-22-9-24(40-2)12-25(10-22)41-3/h4-6,9-14,17,20,23,33H,1,7-8,15-16,18H2,2-3H3/t23-/m1/s1. The Bertz CT molecular complexity index is 1610. The molecule has 1 atom stereocenters. The molecule has 0 aliphatic carbocycles. The Morgan fingerprint density at radius 3 is 2.49 bits per heavy atom. The molecule has 11 heteroatoms. The minimum atomic E-state index is -0.135. The third-order valence-electron chi connectivity index (χ3n) is 7.65. The molecule has 4 aromatic rings. The monoisotopic (exact) mass is 553 g/mol. The second-order valence-electron chi connectivity index (χ2n) is 10.3. The number of hydrogen-bond donors (Lipinski definition) is 1. The van der Waals surface area contributed by atoms with Crippen LogP contribution in [0, 0.1) is 5.92 Å². The summed E-state index contributed by atoms with van der Waals surface area (Å²) in [5.41, 5.74) is 4.79. The van der Waals surface area contributed by atoms with Crippen molar-refractivity contribution in [1.82, 2.24) is 29.5 Å². The van der Waals surface area contributed by atoms with E-state index in [9.17, 15) is 9.59 Å². The summed E-state index contributed by atoms with van der Waals surface area (Å²) in [5.74, 6) is 1.22. The molecule has 0 bridgehead atoms. The smallest absolute Gasteiger partial charge is 0.246 e. The van der Waals surface area contributed by atoms with Crippen LogP contribution < -0.4 is 14.8 Å². The number of aromatic nitrogens is 4. The Kier molecular flexibility index (Phi) is 7.00. The SMILES string of the molecule is C=CC(=O)N1CC(C(=O)N2CC[C@@H](n3cc(-c4cnc5ccc(Nc6cc(OC)cc(OC)c6)cc5n4)cn3)C2)C1. The van der Waals surface area contributed by atoms with E-state index in [0.717, 1.165) is 40.1 Å². The molecular formula is C30H31N7O4. The molecule has 2 amide bonds. The van der Waals surface area contributed by atoms with E-state index in [1.807, 2.05) is 52.2 Å². The van der Waals surface area contributed by atoms with Gasteiger partial charge in [-0.05, 0) is 30.7 Å². The van der Waals surface area contributed by atoms with Crippen molar-refractivity contribution in [2.24, 2.45) is 5.92 Å². The van der Waals surface area contributed by atoms with E-state index in [0.29, 0.717) is 37.7 Å². The molecule has 2 aliphatic heterocycles. The molecule has 2 aromatic heterocycles. The summed E-state index contributed by atoms with van der Waals surface area (Å²) in [6.07, 6.45) is 7.61. The molecule has 0 radical (unpaired) electrons. The zero-order valence-electron chi connectivity index (χ0n) is 23.0. The van der Waals surface area contributed by atoms with Crippen molar-refractivity contribution < 1.29 is 19.1 Å². The average Bonchev–Trinajstić information content (AvgIpc) is 3.66. The third kappa shape index (κ3) is 5.30. The van der Waals surface area contributed by atoms with Gasteiger partial charge in [-0.25, -0.2) is 4.98 Å². The summed E-state index contributed by atoms with van der Waals surface area (Å²) in [6, 6.07) is 11.5. The maximum Gasteiger partial charge on any atom is 0.246 e. The number of hydrogen-bond acceptors (Lipinski definition) is 8. The van der Waals surface area contributed by atoms with Gasteiger partial charge in [-0.2, -0.15) is 5.10 Å². The molecule has 4 heterocycles. The van der Waals surface area contributed by atoms with Crippen molar-refractivity contribution in [3.8, 4) is 22.8 Å². The number of anilines is 2. The maximum absolute atomic E-state index is 12.9. The number of nitrogens with zero attached hydrogens (tertiary/aromatic N) is 6. The molecule has 1 N–H and O–H groups in total. The molecule has 0 unspecified atom stereocenters. The number of likely N-dealkylation sites (tertiary alicyclic amines) is 2. The maximum atomic E-state index is 12.9. The van der Waals surface area contributed by atoms with E-state index in [1.54, 1.807) is 31.5 Å². The molecule has 210 valence electrons. The van der Waals surface area contributed by atoms with Crippen LogP contribution in [-0.2, 0) is 9.59 Å². The first kappa shape index (κ1) is 26.3. The molecule has 41 heavy (non-hydrogen) atoms. The Morgan fingerprint density at radius 2 is 1.76 bits per heavy atom. The van der Waals surface area contributed by atoms with Gasteiger partial charge in [0.2, 0.25) is 11.8 Å². The van der Waals surface area contributed by atoms with Crippen molar-refractivity contribution in [2.75, 3.05) is 45.7 Å². The van der Waals surface area contributed by atoms with Crippen LogP contribution in [0.5, 0.6) is 11.5 Å². The topological polar surface area (TPSA) is 115 Å². The highest BCUT2D eigenvalue weighted by molar-refractivity contribution is 5.90. The van der Waals surface area contributed by atoms with Gasteiger partial charge < -0.3 is 24.6 Å². The van der Waals surface area contributed by atoms with Gasteiger partial charge in [-0.1, -0.05) is 6.58 Å². The Hall–Kier alpha value is -4.93. The largest absolute Gasteiger partial charge is 0.497 e. The Balaban J connectivity index is 1.14. The zero-order chi connectivity index (χ0) is 28.5. The number of ether oxygens (including phenoxy) is 2. The van der Waals surface area contributed by atoms with Gasteiger partial charge in [0, 0.05) is 67.5 Å².